The van der Waals surface area contributed by atoms with E-state index < -0.39 is 0 Å². The molecule has 2 aliphatic rings. The number of benzene rings is 1. The third kappa shape index (κ3) is 3.07. The zero-order valence-electron chi connectivity index (χ0n) is 17.3. The maximum absolute atomic E-state index is 13.3. The quantitative estimate of drug-likeness (QED) is 0.660. The minimum absolute atomic E-state index is 0.0294. The van der Waals surface area contributed by atoms with Gasteiger partial charge in [0, 0.05) is 25.2 Å². The van der Waals surface area contributed by atoms with E-state index in [1.165, 1.54) is 0 Å². The molecule has 8 nitrogen and oxygen atoms in total. The molecule has 30 heavy (non-hydrogen) atoms. The Hall–Kier alpha value is -3.16. The van der Waals surface area contributed by atoms with Crippen molar-refractivity contribution >= 4 is 16.8 Å². The van der Waals surface area contributed by atoms with Gasteiger partial charge in [0.25, 0.3) is 11.5 Å². The van der Waals surface area contributed by atoms with Gasteiger partial charge in [-0.3, -0.25) is 9.59 Å². The lowest BCUT2D eigenvalue weighted by molar-refractivity contribution is 0.0720. The van der Waals surface area contributed by atoms with Crippen molar-refractivity contribution in [2.24, 2.45) is 7.05 Å². The first-order valence-corrected chi connectivity index (χ1v) is 10.5. The number of aryl methyl sites for hydroxylation is 3. The Morgan fingerprint density at radius 3 is 2.90 bits per heavy atom. The molecule has 0 radical (unpaired) electrons. The number of rotatable bonds is 4. The second-order valence-corrected chi connectivity index (χ2v) is 8.15. The molecule has 0 saturated carbocycles. The van der Waals surface area contributed by atoms with Gasteiger partial charge < -0.3 is 9.64 Å². The van der Waals surface area contributed by atoms with Gasteiger partial charge in [0.15, 0.2) is 0 Å². The molecule has 0 spiro atoms. The molecule has 3 heterocycles. The fourth-order valence-electron chi connectivity index (χ4n) is 4.78. The van der Waals surface area contributed by atoms with Gasteiger partial charge in [-0.1, -0.05) is 0 Å². The van der Waals surface area contributed by atoms with Crippen molar-refractivity contribution < 1.29 is 9.53 Å². The summed E-state index contributed by atoms with van der Waals surface area (Å²) in [5.41, 5.74) is 3.36. The lowest BCUT2D eigenvalue weighted by atomic mass is 10.1. The molecule has 3 aromatic rings. The maximum atomic E-state index is 13.3. The Morgan fingerprint density at radius 1 is 1.20 bits per heavy atom. The number of likely N-dealkylation sites (tertiary alicyclic amines) is 1. The molecular weight excluding hydrogens is 382 g/mol. The zero-order chi connectivity index (χ0) is 20.8. The second-order valence-electron chi connectivity index (χ2n) is 8.15. The van der Waals surface area contributed by atoms with Gasteiger partial charge in [-0.15, -0.1) is 0 Å². The first kappa shape index (κ1) is 18.8. The van der Waals surface area contributed by atoms with E-state index >= 15 is 0 Å². The number of carbonyl (C=O) groups is 1. The Bertz CT molecular complexity index is 1200. The standard InChI is InChI=1S/C22H25N5O3/c1-25-22(30-2)17-9-8-15(11-19(17)23-25)21(29)26-10-4-6-16(26)13-27-20(28)12-14-5-3-7-18(14)24-27/h8-9,11-12,16H,3-7,10,13H2,1-2H3. The average molecular weight is 407 g/mol. The highest BCUT2D eigenvalue weighted by atomic mass is 16.5. The van der Waals surface area contributed by atoms with Crippen LogP contribution in [0, 0.1) is 0 Å². The van der Waals surface area contributed by atoms with E-state index in [9.17, 15) is 9.59 Å². The van der Waals surface area contributed by atoms with Crippen molar-refractivity contribution in [2.45, 2.75) is 44.7 Å². The van der Waals surface area contributed by atoms with Crippen LogP contribution in [0.15, 0.2) is 29.1 Å². The van der Waals surface area contributed by atoms with E-state index in [4.69, 9.17) is 4.74 Å². The molecule has 1 aliphatic heterocycles. The zero-order valence-corrected chi connectivity index (χ0v) is 17.3. The van der Waals surface area contributed by atoms with Crippen LogP contribution in [-0.4, -0.2) is 50.1 Å². The Kier molecular flexibility index (Phi) is 4.56. The molecule has 1 atom stereocenters. The van der Waals surface area contributed by atoms with Crippen LogP contribution in [0.2, 0.25) is 0 Å². The van der Waals surface area contributed by atoms with E-state index in [0.29, 0.717) is 24.5 Å². The molecule has 0 N–H and O–H groups in total. The molecule has 1 aromatic carbocycles. The molecule has 1 saturated heterocycles. The minimum Gasteiger partial charge on any atom is -0.481 e. The van der Waals surface area contributed by atoms with Crippen LogP contribution < -0.4 is 10.3 Å². The second kappa shape index (κ2) is 7.27. The number of hydrogen-bond acceptors (Lipinski definition) is 5. The largest absolute Gasteiger partial charge is 0.481 e. The average Bonchev–Trinajstić information content (AvgIpc) is 3.45. The van der Waals surface area contributed by atoms with E-state index in [2.05, 4.69) is 10.2 Å². The summed E-state index contributed by atoms with van der Waals surface area (Å²) in [7, 11) is 3.43. The summed E-state index contributed by atoms with van der Waals surface area (Å²) in [5, 5.41) is 9.91. The SMILES string of the molecule is COc1c2ccc(C(=O)N3CCCC3Cn3nc4c(cc3=O)CCC4)cc2nn1C. The Balaban J connectivity index is 1.40. The molecule has 2 aromatic heterocycles. The van der Waals surface area contributed by atoms with Gasteiger partial charge >= 0.3 is 0 Å². The maximum Gasteiger partial charge on any atom is 0.267 e. The van der Waals surface area contributed by atoms with Gasteiger partial charge in [-0.2, -0.15) is 10.2 Å². The van der Waals surface area contributed by atoms with Crippen LogP contribution in [0.3, 0.4) is 0 Å². The fourth-order valence-corrected chi connectivity index (χ4v) is 4.78. The number of aromatic nitrogens is 4. The predicted octanol–water partition coefficient (Wildman–Crippen LogP) is 1.93. The summed E-state index contributed by atoms with van der Waals surface area (Å²) in [6.45, 7) is 1.13. The van der Waals surface area contributed by atoms with Gasteiger partial charge in [-0.25, -0.2) is 9.36 Å². The number of amides is 1. The molecule has 1 aliphatic carbocycles. The number of fused-ring (bicyclic) bond motifs is 2. The Labute approximate surface area is 174 Å². The van der Waals surface area contributed by atoms with Gasteiger partial charge in [0.1, 0.15) is 0 Å². The molecule has 5 rings (SSSR count). The number of methoxy groups -OCH3 is 1. The molecular formula is C22H25N5O3. The van der Waals surface area contributed by atoms with Crippen molar-refractivity contribution in [1.82, 2.24) is 24.5 Å². The molecule has 1 amide bonds. The number of hydrogen-bond donors (Lipinski definition) is 0. The van der Waals surface area contributed by atoms with E-state index in [0.717, 1.165) is 54.3 Å². The van der Waals surface area contributed by atoms with Crippen molar-refractivity contribution in [2.75, 3.05) is 13.7 Å². The number of ether oxygens (including phenoxy) is 1. The highest BCUT2D eigenvalue weighted by molar-refractivity contribution is 5.99. The number of carbonyl (C=O) groups excluding carboxylic acids is 1. The third-order valence-corrected chi connectivity index (χ3v) is 6.27. The van der Waals surface area contributed by atoms with Gasteiger partial charge in [0.2, 0.25) is 5.88 Å². The predicted molar refractivity (Wildman–Crippen MR) is 112 cm³/mol. The molecule has 8 heteroatoms. The van der Waals surface area contributed by atoms with E-state index in [1.807, 2.05) is 30.1 Å². The minimum atomic E-state index is -0.0723. The normalized spacial score (nSPS) is 18.2. The molecule has 0 bridgehead atoms. The Morgan fingerprint density at radius 2 is 2.07 bits per heavy atom. The van der Waals surface area contributed by atoms with Crippen LogP contribution in [0.5, 0.6) is 5.88 Å². The summed E-state index contributed by atoms with van der Waals surface area (Å²) < 4.78 is 8.61. The summed E-state index contributed by atoms with van der Waals surface area (Å²) in [6, 6.07) is 7.21. The van der Waals surface area contributed by atoms with Crippen LogP contribution in [-0.2, 0) is 26.4 Å². The third-order valence-electron chi connectivity index (χ3n) is 6.27. The van der Waals surface area contributed by atoms with Crippen LogP contribution in [0.4, 0.5) is 0 Å². The van der Waals surface area contributed by atoms with Crippen molar-refractivity contribution in [1.29, 1.82) is 0 Å². The highest BCUT2D eigenvalue weighted by Crippen LogP contribution is 2.27. The summed E-state index contributed by atoms with van der Waals surface area (Å²) in [5.74, 6) is 0.642. The van der Waals surface area contributed by atoms with E-state index in [-0.39, 0.29) is 17.5 Å². The summed E-state index contributed by atoms with van der Waals surface area (Å²) in [4.78, 5) is 27.7. The van der Waals surface area contributed by atoms with E-state index in [1.54, 1.807) is 22.5 Å². The topological polar surface area (TPSA) is 82.2 Å². The molecule has 1 fully saturated rings. The lowest BCUT2D eigenvalue weighted by Gasteiger charge is -2.25. The number of nitrogens with zero attached hydrogens (tertiary/aromatic N) is 5. The first-order chi connectivity index (χ1) is 14.5. The summed E-state index contributed by atoms with van der Waals surface area (Å²) in [6.07, 6.45) is 4.72. The van der Waals surface area contributed by atoms with Gasteiger partial charge in [0.05, 0.1) is 36.3 Å². The molecule has 156 valence electrons. The molecule has 1 unspecified atom stereocenters. The van der Waals surface area contributed by atoms with Gasteiger partial charge in [-0.05, 0) is 55.9 Å². The van der Waals surface area contributed by atoms with Crippen LogP contribution in [0.25, 0.3) is 10.9 Å². The van der Waals surface area contributed by atoms with Crippen LogP contribution >= 0.6 is 0 Å². The highest BCUT2D eigenvalue weighted by Gasteiger charge is 2.31. The van der Waals surface area contributed by atoms with Crippen molar-refractivity contribution in [3.63, 3.8) is 0 Å². The lowest BCUT2D eigenvalue weighted by Crippen LogP contribution is -2.40. The fraction of sp³-hybridized carbons (Fsp3) is 0.455. The van der Waals surface area contributed by atoms with Crippen molar-refractivity contribution in [3.8, 4) is 5.88 Å². The monoisotopic (exact) mass is 407 g/mol. The summed E-state index contributed by atoms with van der Waals surface area (Å²) >= 11 is 0. The van der Waals surface area contributed by atoms with Crippen molar-refractivity contribution in [3.05, 3.63) is 51.4 Å². The smallest absolute Gasteiger partial charge is 0.267 e. The van der Waals surface area contributed by atoms with Crippen LogP contribution in [0.1, 0.15) is 40.9 Å². The first-order valence-electron chi connectivity index (χ1n) is 10.5.